The minimum Gasteiger partial charge on any atom is -0.353 e. The fraction of sp³-hybridized carbons (Fsp3) is 0.357. The molecule has 0 spiro atoms. The quantitative estimate of drug-likeness (QED) is 0.930. The van der Waals surface area contributed by atoms with E-state index in [9.17, 15) is 4.79 Å². The Hall–Kier alpha value is -1.79. The molecule has 20 heavy (non-hydrogen) atoms. The number of hydrogen-bond donors (Lipinski definition) is 1. The molecular weight excluding hydrogens is 272 g/mol. The smallest absolute Gasteiger partial charge is 0.242 e. The normalized spacial score (nSPS) is 19.9. The van der Waals surface area contributed by atoms with Crippen molar-refractivity contribution in [3.63, 3.8) is 0 Å². The summed E-state index contributed by atoms with van der Waals surface area (Å²) in [6, 6.07) is 7.80. The molecule has 1 unspecified atom stereocenters. The molecule has 0 aliphatic carbocycles. The number of aryl methyl sites for hydroxylation is 1. The van der Waals surface area contributed by atoms with Gasteiger partial charge in [0.25, 0.3) is 0 Å². The molecule has 0 saturated carbocycles. The van der Waals surface area contributed by atoms with Crippen LogP contribution in [0.2, 0.25) is 0 Å². The third-order valence-corrected chi connectivity index (χ3v) is 4.12. The van der Waals surface area contributed by atoms with Crippen molar-refractivity contribution in [1.82, 2.24) is 19.8 Å². The van der Waals surface area contributed by atoms with Gasteiger partial charge in [-0.15, -0.1) is 5.10 Å². The molecule has 1 amide bonds. The Balaban J connectivity index is 1.91. The molecule has 3 rings (SSSR count). The van der Waals surface area contributed by atoms with Gasteiger partial charge in [-0.3, -0.25) is 9.69 Å². The van der Waals surface area contributed by atoms with Crippen molar-refractivity contribution in [3.8, 4) is 0 Å². The van der Waals surface area contributed by atoms with Gasteiger partial charge in [-0.1, -0.05) is 28.8 Å². The summed E-state index contributed by atoms with van der Waals surface area (Å²) in [6.45, 7) is 4.20. The molecular formula is C14H16N4OS. The summed E-state index contributed by atoms with van der Waals surface area (Å²) in [5.41, 5.74) is 3.12. The number of carbonyl (C=O) groups is 1. The van der Waals surface area contributed by atoms with E-state index in [1.807, 2.05) is 36.6 Å². The van der Waals surface area contributed by atoms with Crippen LogP contribution in [0, 0.1) is 6.92 Å². The average Bonchev–Trinajstić information content (AvgIpc) is 2.93. The number of carbonyl (C=O) groups excluding carboxylic acids is 1. The zero-order valence-corrected chi connectivity index (χ0v) is 12.1. The van der Waals surface area contributed by atoms with Crippen molar-refractivity contribution < 1.29 is 4.79 Å². The first-order chi connectivity index (χ1) is 9.75. The van der Waals surface area contributed by atoms with Gasteiger partial charge in [0.05, 0.1) is 5.69 Å². The molecule has 2 heterocycles. The van der Waals surface area contributed by atoms with Gasteiger partial charge in [0, 0.05) is 25.0 Å². The number of nitrogens with one attached hydrogen (secondary N) is 1. The van der Waals surface area contributed by atoms with Crippen molar-refractivity contribution in [1.29, 1.82) is 0 Å². The second kappa shape index (κ2) is 5.68. The van der Waals surface area contributed by atoms with E-state index in [-0.39, 0.29) is 11.9 Å². The molecule has 1 N–H and O–H groups in total. The monoisotopic (exact) mass is 288 g/mol. The van der Waals surface area contributed by atoms with E-state index < -0.39 is 0 Å². The van der Waals surface area contributed by atoms with E-state index in [1.165, 1.54) is 11.5 Å². The number of piperazine rings is 1. The van der Waals surface area contributed by atoms with Crippen molar-refractivity contribution in [2.45, 2.75) is 19.5 Å². The summed E-state index contributed by atoms with van der Waals surface area (Å²) < 4.78 is 3.89. The minimum absolute atomic E-state index is 0.0636. The highest BCUT2D eigenvalue weighted by Crippen LogP contribution is 2.27. The number of amides is 1. The number of rotatable bonds is 3. The second-order valence-electron chi connectivity index (χ2n) is 4.92. The van der Waals surface area contributed by atoms with Crippen LogP contribution in [-0.4, -0.2) is 33.5 Å². The van der Waals surface area contributed by atoms with Gasteiger partial charge in [0.15, 0.2) is 0 Å². The molecule has 5 nitrogen and oxygen atoms in total. The standard InChI is InChI=1S/C14H16N4OS/c1-10-4-2-3-5-12(10)13-14(19)15-6-7-18(13)8-11-9-20-17-16-11/h2-5,9,13H,6-8H2,1H3,(H,15,19). The maximum atomic E-state index is 12.3. The van der Waals surface area contributed by atoms with Crippen LogP contribution in [0.3, 0.4) is 0 Å². The van der Waals surface area contributed by atoms with Crippen LogP contribution < -0.4 is 5.32 Å². The zero-order chi connectivity index (χ0) is 13.9. The molecule has 1 atom stereocenters. The Morgan fingerprint density at radius 2 is 2.30 bits per heavy atom. The molecule has 1 fully saturated rings. The van der Waals surface area contributed by atoms with Gasteiger partial charge >= 0.3 is 0 Å². The van der Waals surface area contributed by atoms with Gasteiger partial charge in [-0.2, -0.15) is 0 Å². The molecule has 1 saturated heterocycles. The molecule has 0 radical (unpaired) electrons. The summed E-state index contributed by atoms with van der Waals surface area (Å²) in [7, 11) is 0. The van der Waals surface area contributed by atoms with Gasteiger partial charge < -0.3 is 5.32 Å². The highest BCUT2D eigenvalue weighted by Gasteiger charge is 2.32. The number of benzene rings is 1. The lowest BCUT2D eigenvalue weighted by Crippen LogP contribution is -2.49. The van der Waals surface area contributed by atoms with E-state index in [0.717, 1.165) is 23.4 Å². The van der Waals surface area contributed by atoms with Crippen LogP contribution in [0.5, 0.6) is 0 Å². The summed E-state index contributed by atoms with van der Waals surface area (Å²) >= 11 is 1.34. The first-order valence-corrected chi connectivity index (χ1v) is 7.42. The van der Waals surface area contributed by atoms with Crippen molar-refractivity contribution in [2.24, 2.45) is 0 Å². The average molecular weight is 288 g/mol. The fourth-order valence-corrected chi connectivity index (χ4v) is 3.02. The van der Waals surface area contributed by atoms with Crippen molar-refractivity contribution >= 4 is 17.4 Å². The van der Waals surface area contributed by atoms with Crippen LogP contribution in [-0.2, 0) is 11.3 Å². The summed E-state index contributed by atoms with van der Waals surface area (Å²) in [6.07, 6.45) is 0. The molecule has 0 bridgehead atoms. The summed E-state index contributed by atoms with van der Waals surface area (Å²) in [5, 5.41) is 8.97. The lowest BCUT2D eigenvalue weighted by Gasteiger charge is -2.35. The Kier molecular flexibility index (Phi) is 3.75. The first kappa shape index (κ1) is 13.2. The van der Waals surface area contributed by atoms with E-state index >= 15 is 0 Å². The lowest BCUT2D eigenvalue weighted by molar-refractivity contribution is -0.129. The third-order valence-electron chi connectivity index (χ3n) is 3.57. The van der Waals surface area contributed by atoms with Crippen LogP contribution in [0.4, 0.5) is 0 Å². The lowest BCUT2D eigenvalue weighted by atomic mass is 9.97. The fourth-order valence-electron chi connectivity index (χ4n) is 2.58. The van der Waals surface area contributed by atoms with Crippen molar-refractivity contribution in [3.05, 3.63) is 46.5 Å². The summed E-state index contributed by atoms with van der Waals surface area (Å²) in [5.74, 6) is 0.0636. The maximum Gasteiger partial charge on any atom is 0.242 e. The highest BCUT2D eigenvalue weighted by molar-refractivity contribution is 7.03. The number of hydrogen-bond acceptors (Lipinski definition) is 5. The molecule has 1 aromatic carbocycles. The Morgan fingerprint density at radius 1 is 1.45 bits per heavy atom. The van der Waals surface area contributed by atoms with Gasteiger partial charge in [-0.25, -0.2) is 0 Å². The zero-order valence-electron chi connectivity index (χ0n) is 11.2. The van der Waals surface area contributed by atoms with E-state index in [1.54, 1.807) is 0 Å². The largest absolute Gasteiger partial charge is 0.353 e. The number of aromatic nitrogens is 2. The molecule has 6 heteroatoms. The first-order valence-electron chi connectivity index (χ1n) is 6.59. The Bertz CT molecular complexity index is 599. The minimum atomic E-state index is -0.244. The van der Waals surface area contributed by atoms with Crippen LogP contribution in [0.1, 0.15) is 22.9 Å². The van der Waals surface area contributed by atoms with E-state index in [0.29, 0.717) is 13.1 Å². The van der Waals surface area contributed by atoms with Crippen molar-refractivity contribution in [2.75, 3.05) is 13.1 Å². The SMILES string of the molecule is Cc1ccccc1C1C(=O)NCCN1Cc1csnn1. The summed E-state index contributed by atoms with van der Waals surface area (Å²) in [4.78, 5) is 14.5. The van der Waals surface area contributed by atoms with E-state index in [2.05, 4.69) is 19.8 Å². The predicted octanol–water partition coefficient (Wildman–Crippen LogP) is 1.52. The highest BCUT2D eigenvalue weighted by atomic mass is 32.1. The predicted molar refractivity (Wildman–Crippen MR) is 77.2 cm³/mol. The van der Waals surface area contributed by atoms with Crippen LogP contribution >= 0.6 is 11.5 Å². The Morgan fingerprint density at radius 3 is 3.05 bits per heavy atom. The van der Waals surface area contributed by atoms with Gasteiger partial charge in [-0.05, 0) is 29.6 Å². The molecule has 2 aromatic rings. The molecule has 1 aromatic heterocycles. The third kappa shape index (κ3) is 2.57. The maximum absolute atomic E-state index is 12.3. The molecule has 1 aliphatic rings. The number of nitrogens with zero attached hydrogens (tertiary/aromatic N) is 3. The molecule has 1 aliphatic heterocycles. The second-order valence-corrected chi connectivity index (χ2v) is 5.53. The van der Waals surface area contributed by atoms with Gasteiger partial charge in [0.1, 0.15) is 6.04 Å². The van der Waals surface area contributed by atoms with Crippen LogP contribution in [0.25, 0.3) is 0 Å². The van der Waals surface area contributed by atoms with E-state index in [4.69, 9.17) is 0 Å². The van der Waals surface area contributed by atoms with Gasteiger partial charge in [0.2, 0.25) is 5.91 Å². The Labute approximate surface area is 121 Å². The topological polar surface area (TPSA) is 58.1 Å². The molecule has 104 valence electrons. The van der Waals surface area contributed by atoms with Crippen LogP contribution in [0.15, 0.2) is 29.6 Å².